The number of hydrogen-bond donors (Lipinski definition) is 4. The van der Waals surface area contributed by atoms with Gasteiger partial charge in [-0.1, -0.05) is 0 Å². The summed E-state index contributed by atoms with van der Waals surface area (Å²) in [5, 5.41) is 24.1. The van der Waals surface area contributed by atoms with Crippen LogP contribution in [0.3, 0.4) is 0 Å². The monoisotopic (exact) mass is 624 g/mol. The number of halogens is 3. The lowest BCUT2D eigenvalue weighted by atomic mass is 10.0. The van der Waals surface area contributed by atoms with Crippen LogP contribution in [0, 0.1) is 18.3 Å². The first-order valence-electron chi connectivity index (χ1n) is 13.7. The van der Waals surface area contributed by atoms with Crippen molar-refractivity contribution in [3.05, 3.63) is 53.7 Å². The van der Waals surface area contributed by atoms with Crippen LogP contribution >= 0.6 is 0 Å². The summed E-state index contributed by atoms with van der Waals surface area (Å²) in [5.41, 5.74) is -0.681. The molecule has 17 heteroatoms. The molecule has 1 aliphatic rings. The molecule has 0 unspecified atom stereocenters. The van der Waals surface area contributed by atoms with E-state index in [4.69, 9.17) is 10.00 Å². The number of nitriles is 1. The van der Waals surface area contributed by atoms with E-state index in [-0.39, 0.29) is 70.3 Å². The van der Waals surface area contributed by atoms with Gasteiger partial charge in [0.2, 0.25) is 5.91 Å². The van der Waals surface area contributed by atoms with Crippen LogP contribution in [0.5, 0.6) is 5.75 Å². The van der Waals surface area contributed by atoms with Gasteiger partial charge < -0.3 is 26.0 Å². The molecule has 1 aliphatic heterocycles. The van der Waals surface area contributed by atoms with Crippen LogP contribution in [0.25, 0.3) is 16.9 Å². The number of alkyl halides is 3. The predicted octanol–water partition coefficient (Wildman–Crippen LogP) is 2.32. The second-order valence-corrected chi connectivity index (χ2v) is 10.2. The van der Waals surface area contributed by atoms with Crippen molar-refractivity contribution >= 4 is 35.4 Å². The molecule has 4 heterocycles. The van der Waals surface area contributed by atoms with Crippen molar-refractivity contribution in [1.82, 2.24) is 40.1 Å². The number of rotatable bonds is 10. The lowest BCUT2D eigenvalue weighted by Crippen LogP contribution is -2.48. The van der Waals surface area contributed by atoms with Gasteiger partial charge in [0.15, 0.2) is 22.9 Å². The van der Waals surface area contributed by atoms with Crippen LogP contribution in [0.1, 0.15) is 35.0 Å². The van der Waals surface area contributed by atoms with E-state index in [1.54, 1.807) is 19.9 Å². The lowest BCUT2D eigenvalue weighted by Gasteiger charge is -2.19. The normalized spacial score (nSPS) is 15.3. The molecule has 3 aromatic heterocycles. The maximum Gasteiger partial charge on any atom is 0.435 e. The number of nitrogens with one attached hydrogen (secondary N) is 4. The third kappa shape index (κ3) is 6.40. The van der Waals surface area contributed by atoms with E-state index in [0.29, 0.717) is 6.54 Å². The van der Waals surface area contributed by atoms with Gasteiger partial charge in [-0.25, -0.2) is 9.97 Å². The topological polar surface area (TPSA) is 180 Å². The highest BCUT2D eigenvalue weighted by atomic mass is 19.4. The predicted molar refractivity (Wildman–Crippen MR) is 152 cm³/mol. The van der Waals surface area contributed by atoms with Gasteiger partial charge >= 0.3 is 6.18 Å². The second kappa shape index (κ2) is 12.6. The summed E-state index contributed by atoms with van der Waals surface area (Å²) in [6.07, 6.45) is 1.06. The molecule has 0 bridgehead atoms. The molecule has 0 radical (unpaired) electrons. The van der Waals surface area contributed by atoms with Gasteiger partial charge in [0.05, 0.1) is 29.2 Å². The summed E-state index contributed by atoms with van der Waals surface area (Å²) < 4.78 is 48.8. The average molecular weight is 625 g/mol. The first-order valence-corrected chi connectivity index (χ1v) is 13.7. The Bertz CT molecular complexity index is 1800. The smallest absolute Gasteiger partial charge is 0.426 e. The standard InChI is InChI=1S/C28H27F3N10O4/c1-15-18(27(44)36-16(2)26(43)37-17-5-7-33-11-17)3-4-20(22(15)45-14-42)38-24-25-35-12-21(41(25)10-8-34-24)19-13-40(9-6-32)39-23(19)28(29,30)31/h3-4,8,10,12-14,16-17,33H,5,7,9,11H2,1-2H3,(H,34,38)(H,36,44)(H,37,43)/t16-,17+/m1/s1. The number of carbonyl (C=O) groups is 3. The number of anilines is 2. The summed E-state index contributed by atoms with van der Waals surface area (Å²) in [5.74, 6) is -0.826. The van der Waals surface area contributed by atoms with E-state index in [0.717, 1.165) is 23.8 Å². The van der Waals surface area contributed by atoms with Crippen molar-refractivity contribution in [2.45, 2.75) is 45.1 Å². The Morgan fingerprint density at radius 2 is 2.11 bits per heavy atom. The molecule has 14 nitrogen and oxygen atoms in total. The molecule has 0 saturated carbocycles. The van der Waals surface area contributed by atoms with Crippen LogP contribution < -0.4 is 26.0 Å². The lowest BCUT2D eigenvalue weighted by molar-refractivity contribution is -0.141. The van der Waals surface area contributed by atoms with Crippen molar-refractivity contribution < 1.29 is 32.3 Å². The van der Waals surface area contributed by atoms with E-state index < -0.39 is 23.8 Å². The minimum Gasteiger partial charge on any atom is -0.426 e. The minimum absolute atomic E-state index is 0.0143. The Morgan fingerprint density at radius 1 is 1.31 bits per heavy atom. The molecule has 2 atom stereocenters. The summed E-state index contributed by atoms with van der Waals surface area (Å²) >= 11 is 0. The zero-order valence-corrected chi connectivity index (χ0v) is 24.0. The van der Waals surface area contributed by atoms with Gasteiger partial charge in [0, 0.05) is 42.3 Å². The number of hydrogen-bond acceptors (Lipinski definition) is 10. The average Bonchev–Trinajstić information content (AvgIpc) is 3.75. The Morgan fingerprint density at radius 3 is 2.80 bits per heavy atom. The third-order valence-electron chi connectivity index (χ3n) is 7.18. The highest BCUT2D eigenvalue weighted by Crippen LogP contribution is 2.38. The summed E-state index contributed by atoms with van der Waals surface area (Å²) in [6, 6.07) is 3.82. The Kier molecular flexibility index (Phi) is 8.68. The molecule has 4 N–H and O–H groups in total. The number of fused-ring (bicyclic) bond motifs is 1. The first-order chi connectivity index (χ1) is 21.5. The number of nitrogens with zero attached hydrogens (tertiary/aromatic N) is 6. The Balaban J connectivity index is 1.43. The number of carbonyl (C=O) groups excluding carboxylic acids is 3. The summed E-state index contributed by atoms with van der Waals surface area (Å²) in [6.45, 7) is 4.35. The van der Waals surface area contributed by atoms with Crippen LogP contribution in [-0.2, 0) is 22.3 Å². The zero-order chi connectivity index (χ0) is 32.3. The van der Waals surface area contributed by atoms with Gasteiger partial charge in [-0.15, -0.1) is 0 Å². The SMILES string of the molecule is Cc1c(C(=O)N[C@H](C)C(=O)N[C@H]2CCNC2)ccc(Nc2nccn3c(-c4cn(CC#N)nc4C(F)(F)F)cnc23)c1OC=O. The first kappa shape index (κ1) is 30.9. The molecular weight excluding hydrogens is 597 g/mol. The molecule has 0 aliphatic carbocycles. The van der Waals surface area contributed by atoms with Crippen LogP contribution in [0.2, 0.25) is 0 Å². The highest BCUT2D eigenvalue weighted by Gasteiger charge is 2.38. The summed E-state index contributed by atoms with van der Waals surface area (Å²) in [7, 11) is 0. The zero-order valence-electron chi connectivity index (χ0n) is 24.0. The molecule has 1 aromatic carbocycles. The van der Waals surface area contributed by atoms with Gasteiger partial charge in [0.1, 0.15) is 12.6 Å². The maximum atomic E-state index is 13.8. The van der Waals surface area contributed by atoms with Crippen molar-refractivity contribution in [3.8, 4) is 23.1 Å². The number of imidazole rings is 1. The van der Waals surface area contributed by atoms with Gasteiger partial charge in [-0.2, -0.15) is 23.5 Å². The summed E-state index contributed by atoms with van der Waals surface area (Å²) in [4.78, 5) is 45.6. The van der Waals surface area contributed by atoms with Gasteiger partial charge in [-0.05, 0) is 38.9 Å². The van der Waals surface area contributed by atoms with E-state index >= 15 is 0 Å². The molecule has 2 amide bonds. The van der Waals surface area contributed by atoms with E-state index in [1.807, 2.05) is 0 Å². The molecule has 45 heavy (non-hydrogen) atoms. The number of benzene rings is 1. The maximum absolute atomic E-state index is 13.8. The quantitative estimate of drug-likeness (QED) is 0.191. The number of aromatic nitrogens is 5. The van der Waals surface area contributed by atoms with Crippen molar-refractivity contribution in [2.24, 2.45) is 0 Å². The molecule has 4 aromatic rings. The second-order valence-electron chi connectivity index (χ2n) is 10.2. The Labute approximate surface area is 253 Å². The van der Waals surface area contributed by atoms with Crippen LogP contribution in [-0.4, -0.2) is 67.6 Å². The number of ether oxygens (including phenoxy) is 1. The molecule has 234 valence electrons. The fraction of sp³-hybridized carbons (Fsp3) is 0.321. The fourth-order valence-corrected chi connectivity index (χ4v) is 4.99. The van der Waals surface area contributed by atoms with Gasteiger partial charge in [-0.3, -0.25) is 23.5 Å². The molecule has 5 rings (SSSR count). The van der Waals surface area contributed by atoms with E-state index in [1.165, 1.54) is 35.1 Å². The van der Waals surface area contributed by atoms with E-state index in [2.05, 4.69) is 36.3 Å². The largest absolute Gasteiger partial charge is 0.435 e. The fourth-order valence-electron chi connectivity index (χ4n) is 4.99. The Hall–Kier alpha value is -5.50. The molecule has 0 spiro atoms. The van der Waals surface area contributed by atoms with Crippen molar-refractivity contribution in [1.29, 1.82) is 5.26 Å². The minimum atomic E-state index is -4.80. The van der Waals surface area contributed by atoms with E-state index in [9.17, 15) is 27.6 Å². The molecule has 1 saturated heterocycles. The van der Waals surface area contributed by atoms with Crippen LogP contribution in [0.15, 0.2) is 36.9 Å². The molecule has 1 fully saturated rings. The highest BCUT2D eigenvalue weighted by molar-refractivity contribution is 6.00. The number of amides is 2. The van der Waals surface area contributed by atoms with Crippen LogP contribution in [0.4, 0.5) is 24.7 Å². The van der Waals surface area contributed by atoms with Crippen molar-refractivity contribution in [3.63, 3.8) is 0 Å². The molecular formula is C28H27F3N10O4. The third-order valence-corrected chi connectivity index (χ3v) is 7.18. The van der Waals surface area contributed by atoms with Gasteiger partial charge in [0.25, 0.3) is 12.4 Å². The van der Waals surface area contributed by atoms with Crippen molar-refractivity contribution in [2.75, 3.05) is 18.4 Å².